The van der Waals surface area contributed by atoms with Gasteiger partial charge in [0.2, 0.25) is 0 Å². The molecule has 0 aliphatic heterocycles. The summed E-state index contributed by atoms with van der Waals surface area (Å²) in [6, 6.07) is 6.86. The molecule has 0 amide bonds. The normalized spacial score (nSPS) is 10.1. The summed E-state index contributed by atoms with van der Waals surface area (Å²) < 4.78 is 0. The van der Waals surface area contributed by atoms with E-state index in [9.17, 15) is 0 Å². The highest BCUT2D eigenvalue weighted by Crippen LogP contribution is 2.04. The maximum atomic E-state index is 4.25. The van der Waals surface area contributed by atoms with Crippen LogP contribution in [0.4, 0.5) is 0 Å². The Morgan fingerprint density at radius 3 is 2.92 bits per heavy atom. The Kier molecular flexibility index (Phi) is 4.43. The van der Waals surface area contributed by atoms with Gasteiger partial charge in [0.25, 0.3) is 0 Å². The molecule has 0 fully saturated rings. The zero-order chi connectivity index (χ0) is 8.65. The molecule has 1 heteroatoms. The molecule has 1 rings (SSSR count). The van der Waals surface area contributed by atoms with E-state index in [2.05, 4.69) is 18.0 Å². The van der Waals surface area contributed by atoms with E-state index in [1.54, 1.807) is 0 Å². The molecule has 1 aromatic rings. The molecule has 0 aliphatic rings. The predicted molar refractivity (Wildman–Crippen MR) is 50.9 cm³/mol. The summed E-state index contributed by atoms with van der Waals surface area (Å²) in [5.74, 6) is 0. The van der Waals surface area contributed by atoms with E-state index in [0.717, 1.165) is 6.42 Å². The van der Waals surface area contributed by atoms with Crippen LogP contribution in [0.25, 0.3) is 0 Å². The summed E-state index contributed by atoms with van der Waals surface area (Å²) in [4.78, 5) is 4.25. The Morgan fingerprint density at radius 1 is 1.33 bits per heavy atom. The van der Waals surface area contributed by atoms with Crippen LogP contribution >= 0.6 is 0 Å². The van der Waals surface area contributed by atoms with Gasteiger partial charge in [-0.1, -0.05) is 26.2 Å². The number of hydrogen-bond donors (Lipinski definition) is 0. The van der Waals surface area contributed by atoms with Crippen LogP contribution in [0.1, 0.15) is 38.3 Å². The first-order chi connectivity index (χ1) is 5.93. The molecule has 12 heavy (non-hydrogen) atoms. The van der Waals surface area contributed by atoms with Crippen LogP contribution < -0.4 is 0 Å². The lowest BCUT2D eigenvalue weighted by Crippen LogP contribution is -1.88. The number of rotatable bonds is 5. The van der Waals surface area contributed by atoms with Crippen molar-refractivity contribution in [3.05, 3.63) is 30.1 Å². The smallest absolute Gasteiger partial charge is 0.0409 e. The molecule has 0 bridgehead atoms. The van der Waals surface area contributed by atoms with Crippen molar-refractivity contribution in [3.63, 3.8) is 0 Å². The van der Waals surface area contributed by atoms with E-state index < -0.39 is 0 Å². The van der Waals surface area contributed by atoms with E-state index in [-0.39, 0.29) is 0 Å². The van der Waals surface area contributed by atoms with E-state index >= 15 is 0 Å². The standard InChI is InChI=1S/C11H16N/c1-2-3-4-5-8-11-9-6-7-10-12-11/h7,9-10H,2-5,8H2,1H3. The summed E-state index contributed by atoms with van der Waals surface area (Å²) in [5.41, 5.74) is 1.17. The second-order valence-corrected chi connectivity index (χ2v) is 3.06. The lowest BCUT2D eigenvalue weighted by atomic mass is 10.1. The van der Waals surface area contributed by atoms with Crippen molar-refractivity contribution >= 4 is 0 Å². The highest BCUT2D eigenvalue weighted by Gasteiger charge is 1.92. The number of aromatic nitrogens is 1. The lowest BCUT2D eigenvalue weighted by Gasteiger charge is -1.98. The van der Waals surface area contributed by atoms with Gasteiger partial charge in [-0.05, 0) is 31.0 Å². The Hall–Kier alpha value is -0.850. The maximum absolute atomic E-state index is 4.25. The van der Waals surface area contributed by atoms with Crippen molar-refractivity contribution < 1.29 is 0 Å². The third-order valence-corrected chi connectivity index (χ3v) is 1.95. The van der Waals surface area contributed by atoms with Gasteiger partial charge in [-0.15, -0.1) is 0 Å². The lowest BCUT2D eigenvalue weighted by molar-refractivity contribution is 0.660. The van der Waals surface area contributed by atoms with Crippen LogP contribution in [0.15, 0.2) is 18.3 Å². The quantitative estimate of drug-likeness (QED) is 0.606. The SMILES string of the molecule is CCCCCCc1c[c]ccn1. The van der Waals surface area contributed by atoms with Crippen molar-refractivity contribution in [2.45, 2.75) is 39.0 Å². The first-order valence-electron chi connectivity index (χ1n) is 4.74. The monoisotopic (exact) mass is 162 g/mol. The van der Waals surface area contributed by atoms with Crippen LogP contribution in [-0.2, 0) is 6.42 Å². The first kappa shape index (κ1) is 9.24. The van der Waals surface area contributed by atoms with Gasteiger partial charge in [0.1, 0.15) is 0 Å². The van der Waals surface area contributed by atoms with Crippen LogP contribution in [-0.4, -0.2) is 4.98 Å². The van der Waals surface area contributed by atoms with E-state index in [1.165, 1.54) is 31.4 Å². The van der Waals surface area contributed by atoms with Gasteiger partial charge in [0.05, 0.1) is 0 Å². The van der Waals surface area contributed by atoms with Crippen molar-refractivity contribution in [1.29, 1.82) is 0 Å². The minimum atomic E-state index is 1.11. The third-order valence-electron chi connectivity index (χ3n) is 1.95. The molecule has 0 N–H and O–H groups in total. The van der Waals surface area contributed by atoms with Gasteiger partial charge >= 0.3 is 0 Å². The molecule has 0 saturated heterocycles. The topological polar surface area (TPSA) is 12.9 Å². The molecule has 1 nitrogen and oxygen atoms in total. The summed E-state index contributed by atoms with van der Waals surface area (Å²) in [5, 5.41) is 0. The van der Waals surface area contributed by atoms with E-state index in [1.807, 2.05) is 18.3 Å². The molecule has 1 radical (unpaired) electrons. The maximum Gasteiger partial charge on any atom is 0.0409 e. The molecule has 0 saturated carbocycles. The molecule has 65 valence electrons. The minimum Gasteiger partial charge on any atom is -0.261 e. The van der Waals surface area contributed by atoms with Crippen molar-refractivity contribution in [2.75, 3.05) is 0 Å². The zero-order valence-electron chi connectivity index (χ0n) is 7.71. The molecule has 0 unspecified atom stereocenters. The van der Waals surface area contributed by atoms with Crippen LogP contribution in [0.2, 0.25) is 0 Å². The van der Waals surface area contributed by atoms with Gasteiger partial charge < -0.3 is 0 Å². The Labute approximate surface area is 74.8 Å². The molecule has 0 spiro atoms. The Balaban J connectivity index is 2.16. The zero-order valence-corrected chi connectivity index (χ0v) is 7.71. The van der Waals surface area contributed by atoms with Gasteiger partial charge in [-0.3, -0.25) is 4.98 Å². The third kappa shape index (κ3) is 3.51. The molecule has 1 heterocycles. The number of unbranched alkanes of at least 4 members (excludes halogenated alkanes) is 3. The van der Waals surface area contributed by atoms with E-state index in [0.29, 0.717) is 0 Å². The van der Waals surface area contributed by atoms with Crippen LogP contribution in [0.5, 0.6) is 0 Å². The molecule has 0 aromatic carbocycles. The second-order valence-electron chi connectivity index (χ2n) is 3.06. The number of nitrogens with zero attached hydrogens (tertiary/aromatic N) is 1. The van der Waals surface area contributed by atoms with E-state index in [4.69, 9.17) is 0 Å². The van der Waals surface area contributed by atoms with Crippen molar-refractivity contribution in [2.24, 2.45) is 0 Å². The number of pyridine rings is 1. The predicted octanol–water partition coefficient (Wildman–Crippen LogP) is 3.00. The van der Waals surface area contributed by atoms with Crippen LogP contribution in [0, 0.1) is 6.07 Å². The molecule has 1 aromatic heterocycles. The second kappa shape index (κ2) is 5.76. The Morgan fingerprint density at radius 2 is 2.25 bits per heavy atom. The highest BCUT2D eigenvalue weighted by atomic mass is 14.7. The summed E-state index contributed by atoms with van der Waals surface area (Å²) in [6.07, 6.45) is 8.16. The fourth-order valence-corrected chi connectivity index (χ4v) is 1.23. The van der Waals surface area contributed by atoms with Gasteiger partial charge in [-0.25, -0.2) is 0 Å². The number of aryl methyl sites for hydroxylation is 1. The first-order valence-corrected chi connectivity index (χ1v) is 4.74. The molecular formula is C11H16N. The van der Waals surface area contributed by atoms with Crippen molar-refractivity contribution in [3.8, 4) is 0 Å². The average Bonchev–Trinajstić information content (AvgIpc) is 2.14. The largest absolute Gasteiger partial charge is 0.261 e. The summed E-state index contributed by atoms with van der Waals surface area (Å²) >= 11 is 0. The average molecular weight is 162 g/mol. The molecular weight excluding hydrogens is 146 g/mol. The summed E-state index contributed by atoms with van der Waals surface area (Å²) in [6.45, 7) is 2.23. The van der Waals surface area contributed by atoms with Gasteiger partial charge in [-0.2, -0.15) is 0 Å². The minimum absolute atomic E-state index is 1.11. The van der Waals surface area contributed by atoms with Gasteiger partial charge in [0.15, 0.2) is 0 Å². The highest BCUT2D eigenvalue weighted by molar-refractivity contribution is 5.01. The molecule has 0 atom stereocenters. The number of hydrogen-bond acceptors (Lipinski definition) is 1. The van der Waals surface area contributed by atoms with Gasteiger partial charge in [0, 0.05) is 11.9 Å². The fourth-order valence-electron chi connectivity index (χ4n) is 1.23. The fraction of sp³-hybridized carbons (Fsp3) is 0.545. The Bertz CT molecular complexity index is 193. The summed E-state index contributed by atoms with van der Waals surface area (Å²) in [7, 11) is 0. The van der Waals surface area contributed by atoms with Crippen LogP contribution in [0.3, 0.4) is 0 Å². The van der Waals surface area contributed by atoms with Crippen molar-refractivity contribution in [1.82, 2.24) is 4.98 Å². The molecule has 0 aliphatic carbocycles.